The van der Waals surface area contributed by atoms with Gasteiger partial charge in [0, 0.05) is 16.6 Å². The minimum absolute atomic E-state index is 0.160. The molecule has 120 valence electrons. The predicted molar refractivity (Wildman–Crippen MR) is 75.4 cm³/mol. The van der Waals surface area contributed by atoms with Crippen molar-refractivity contribution < 1.29 is 22.2 Å². The van der Waals surface area contributed by atoms with Gasteiger partial charge in [-0.15, -0.1) is 0 Å². The molecule has 0 aliphatic rings. The van der Waals surface area contributed by atoms with Crippen molar-refractivity contribution in [3.63, 3.8) is 0 Å². The van der Waals surface area contributed by atoms with E-state index in [2.05, 4.69) is 10.6 Å². The molecule has 2 N–H and O–H groups in total. The summed E-state index contributed by atoms with van der Waals surface area (Å²) in [6, 6.07) is 5.59. The van der Waals surface area contributed by atoms with Crippen molar-refractivity contribution in [2.45, 2.75) is 36.2 Å². The largest absolute Gasteiger partial charge is 0.475 e. The first-order valence-electron chi connectivity index (χ1n) is 6.31. The lowest BCUT2D eigenvalue weighted by Crippen LogP contribution is -2.37. The van der Waals surface area contributed by atoms with E-state index in [-0.39, 0.29) is 18.2 Å². The van der Waals surface area contributed by atoms with Crippen molar-refractivity contribution in [2.75, 3.05) is 5.32 Å². The third kappa shape index (κ3) is 5.37. The first-order chi connectivity index (χ1) is 10.3. The number of alkyl halides is 3. The van der Waals surface area contributed by atoms with Crippen molar-refractivity contribution in [1.29, 1.82) is 5.26 Å². The molecule has 2 atom stereocenters. The summed E-state index contributed by atoms with van der Waals surface area (Å²) in [5, 5.41) is 13.6. The van der Waals surface area contributed by atoms with E-state index >= 15 is 0 Å². The Kier molecular flexibility index (Phi) is 6.37. The van der Waals surface area contributed by atoms with E-state index in [0.717, 1.165) is 12.1 Å². The monoisotopic (exact) mass is 333 g/mol. The second-order valence-corrected chi connectivity index (χ2v) is 5.78. The molecule has 5 nitrogen and oxygen atoms in total. The van der Waals surface area contributed by atoms with Crippen LogP contribution in [-0.2, 0) is 10.8 Å². The molecule has 1 aromatic carbocycles. The zero-order valence-electron chi connectivity index (χ0n) is 11.6. The molecule has 1 rings (SSSR count). The number of hydrogen-bond donors (Lipinski definition) is 2. The number of urea groups is 1. The number of carbonyl (C=O) groups excluding carboxylic acids is 1. The second-order valence-electron chi connectivity index (χ2n) is 4.30. The van der Waals surface area contributed by atoms with Gasteiger partial charge in [-0.2, -0.15) is 18.4 Å². The Morgan fingerprint density at radius 3 is 2.41 bits per heavy atom. The summed E-state index contributed by atoms with van der Waals surface area (Å²) in [6.45, 7) is 1.81. The van der Waals surface area contributed by atoms with Gasteiger partial charge in [-0.3, -0.25) is 0 Å². The van der Waals surface area contributed by atoms with Crippen LogP contribution in [0.2, 0.25) is 0 Å². The van der Waals surface area contributed by atoms with Gasteiger partial charge in [0.1, 0.15) is 0 Å². The summed E-state index contributed by atoms with van der Waals surface area (Å²) >= 11 is 0. The topological polar surface area (TPSA) is 82.0 Å². The lowest BCUT2D eigenvalue weighted by Gasteiger charge is -2.14. The quantitative estimate of drug-likeness (QED) is 0.868. The number of benzene rings is 1. The van der Waals surface area contributed by atoms with E-state index in [1.54, 1.807) is 0 Å². The summed E-state index contributed by atoms with van der Waals surface area (Å²) in [5.74, 6) is 0. The van der Waals surface area contributed by atoms with Gasteiger partial charge in [-0.25, -0.2) is 9.00 Å². The molecule has 22 heavy (non-hydrogen) atoms. The fourth-order valence-corrected chi connectivity index (χ4v) is 2.21. The molecule has 0 fully saturated rings. The number of amides is 2. The van der Waals surface area contributed by atoms with Crippen LogP contribution >= 0.6 is 0 Å². The highest BCUT2D eigenvalue weighted by molar-refractivity contribution is 7.86. The van der Waals surface area contributed by atoms with Crippen LogP contribution in [0.15, 0.2) is 29.2 Å². The maximum Gasteiger partial charge on any atom is 0.475 e. The number of hydrogen-bond acceptors (Lipinski definition) is 3. The molecule has 0 aliphatic heterocycles. The van der Waals surface area contributed by atoms with Gasteiger partial charge in [0.15, 0.2) is 10.8 Å². The molecular weight excluding hydrogens is 319 g/mol. The number of rotatable bonds is 5. The van der Waals surface area contributed by atoms with E-state index in [4.69, 9.17) is 5.26 Å². The maximum absolute atomic E-state index is 12.3. The highest BCUT2D eigenvalue weighted by Crippen LogP contribution is 2.26. The molecule has 1 aromatic rings. The number of anilines is 1. The van der Waals surface area contributed by atoms with Gasteiger partial charge in [0.05, 0.1) is 12.5 Å². The summed E-state index contributed by atoms with van der Waals surface area (Å²) in [5.41, 5.74) is -4.56. The molecule has 0 unspecified atom stereocenters. The molecule has 9 heteroatoms. The van der Waals surface area contributed by atoms with Crippen LogP contribution in [0.5, 0.6) is 0 Å². The number of nitriles is 1. The Morgan fingerprint density at radius 2 is 1.95 bits per heavy atom. The van der Waals surface area contributed by atoms with Crippen molar-refractivity contribution in [3.8, 4) is 6.07 Å². The molecule has 0 heterocycles. The van der Waals surface area contributed by atoms with Crippen LogP contribution < -0.4 is 10.6 Å². The van der Waals surface area contributed by atoms with Gasteiger partial charge in [-0.1, -0.05) is 6.92 Å². The van der Waals surface area contributed by atoms with Gasteiger partial charge in [-0.05, 0) is 30.7 Å². The summed E-state index contributed by atoms with van der Waals surface area (Å²) in [4.78, 5) is 11.3. The average Bonchev–Trinajstić information content (AvgIpc) is 2.45. The SMILES string of the molecule is CC[C@@H](CC#N)NC(=O)Nc1ccc([S@@](=O)C(F)(F)F)cc1. The van der Waals surface area contributed by atoms with Crippen molar-refractivity contribution in [1.82, 2.24) is 5.32 Å². The Balaban J connectivity index is 2.67. The highest BCUT2D eigenvalue weighted by atomic mass is 32.2. The Labute approximate surface area is 128 Å². The molecule has 0 bridgehead atoms. The third-order valence-electron chi connectivity index (χ3n) is 2.70. The molecule has 0 aliphatic carbocycles. The van der Waals surface area contributed by atoms with Gasteiger partial charge >= 0.3 is 11.5 Å². The fourth-order valence-electron chi connectivity index (χ4n) is 1.56. The number of nitrogens with zero attached hydrogens (tertiary/aromatic N) is 1. The number of nitrogens with one attached hydrogen (secondary N) is 2. The van der Waals surface area contributed by atoms with Crippen molar-refractivity contribution >= 4 is 22.5 Å². The van der Waals surface area contributed by atoms with Gasteiger partial charge in [0.25, 0.3) is 0 Å². The highest BCUT2D eigenvalue weighted by Gasteiger charge is 2.37. The Bertz CT molecular complexity index is 582. The van der Waals surface area contributed by atoms with E-state index in [9.17, 15) is 22.2 Å². The normalized spacial score (nSPS) is 13.8. The summed E-state index contributed by atoms with van der Waals surface area (Å²) in [7, 11) is -3.10. The zero-order chi connectivity index (χ0) is 16.8. The van der Waals surface area contributed by atoms with Gasteiger partial charge < -0.3 is 10.6 Å². The molecule has 0 saturated heterocycles. The van der Waals surface area contributed by atoms with E-state index in [0.29, 0.717) is 6.42 Å². The van der Waals surface area contributed by atoms with E-state index < -0.39 is 27.2 Å². The van der Waals surface area contributed by atoms with Crippen LogP contribution in [-0.4, -0.2) is 21.8 Å². The van der Waals surface area contributed by atoms with Crippen molar-refractivity contribution in [2.24, 2.45) is 0 Å². The average molecular weight is 333 g/mol. The standard InChI is InChI=1S/C13H14F3N3O2S/c1-2-9(7-8-17)18-12(20)19-10-3-5-11(6-4-10)22(21)13(14,15)16/h3-6,9H,2,7H2,1H3,(H2,18,19,20)/t9-,22+/m0/s1. The lowest BCUT2D eigenvalue weighted by atomic mass is 10.2. The Hall–Kier alpha value is -2.08. The summed E-state index contributed by atoms with van der Waals surface area (Å²) in [6.07, 6.45) is 0.734. The third-order valence-corrected chi connectivity index (χ3v) is 3.82. The molecule has 0 radical (unpaired) electrons. The van der Waals surface area contributed by atoms with E-state index in [1.165, 1.54) is 12.1 Å². The molecule has 2 amide bonds. The predicted octanol–water partition coefficient (Wildman–Crippen LogP) is 3.13. The van der Waals surface area contributed by atoms with Gasteiger partial charge in [0.2, 0.25) is 0 Å². The van der Waals surface area contributed by atoms with Crippen LogP contribution in [0.4, 0.5) is 23.7 Å². The smallest absolute Gasteiger partial charge is 0.334 e. The maximum atomic E-state index is 12.3. The first kappa shape index (κ1) is 18.0. The number of halogens is 3. The lowest BCUT2D eigenvalue weighted by molar-refractivity contribution is -0.0384. The minimum atomic E-state index is -4.82. The molecular formula is C13H14F3N3O2S. The summed E-state index contributed by atoms with van der Waals surface area (Å²) < 4.78 is 48.0. The zero-order valence-corrected chi connectivity index (χ0v) is 12.4. The number of carbonyl (C=O) groups is 1. The molecule has 0 saturated carbocycles. The first-order valence-corrected chi connectivity index (χ1v) is 7.46. The molecule has 0 aromatic heterocycles. The Morgan fingerprint density at radius 1 is 1.36 bits per heavy atom. The van der Waals surface area contributed by atoms with Crippen LogP contribution in [0.25, 0.3) is 0 Å². The fraction of sp³-hybridized carbons (Fsp3) is 0.385. The minimum Gasteiger partial charge on any atom is -0.334 e. The van der Waals surface area contributed by atoms with Crippen LogP contribution in [0, 0.1) is 11.3 Å². The molecule has 0 spiro atoms. The van der Waals surface area contributed by atoms with Crippen LogP contribution in [0.3, 0.4) is 0 Å². The van der Waals surface area contributed by atoms with Crippen LogP contribution in [0.1, 0.15) is 19.8 Å². The van der Waals surface area contributed by atoms with E-state index in [1.807, 2.05) is 13.0 Å². The van der Waals surface area contributed by atoms with Crippen molar-refractivity contribution in [3.05, 3.63) is 24.3 Å². The second kappa shape index (κ2) is 7.79.